The Hall–Kier alpha value is -1.55. The molecule has 1 amide bonds. The van der Waals surface area contributed by atoms with Crippen molar-refractivity contribution in [2.45, 2.75) is 19.0 Å². The number of phenolic OH excluding ortho intramolecular Hbond substituents is 1. The maximum absolute atomic E-state index is 11.2. The molecule has 0 fully saturated rings. The highest BCUT2D eigenvalue weighted by Gasteiger charge is 2.27. The number of nitrogens with zero attached hydrogens (tertiary/aromatic N) is 1. The van der Waals surface area contributed by atoms with E-state index in [1.165, 1.54) is 0 Å². The van der Waals surface area contributed by atoms with Crippen molar-refractivity contribution >= 4 is 5.91 Å². The molecule has 80 valence electrons. The average Bonchev–Trinajstić information content (AvgIpc) is 2.15. The summed E-state index contributed by atoms with van der Waals surface area (Å²) in [5, 5.41) is 9.34. The third-order valence-corrected chi connectivity index (χ3v) is 2.88. The van der Waals surface area contributed by atoms with Crippen LogP contribution in [-0.4, -0.2) is 29.0 Å². The first kappa shape index (κ1) is 9.98. The molecule has 1 aliphatic rings. The SMILES string of the molecule is CN1Cc2cc(O)ccc2CC1C(N)=O. The summed E-state index contributed by atoms with van der Waals surface area (Å²) < 4.78 is 0. The number of hydrogen-bond donors (Lipinski definition) is 2. The van der Waals surface area contributed by atoms with E-state index in [4.69, 9.17) is 5.73 Å². The van der Waals surface area contributed by atoms with Gasteiger partial charge in [-0.1, -0.05) is 6.07 Å². The molecule has 4 heteroatoms. The molecule has 1 heterocycles. The maximum Gasteiger partial charge on any atom is 0.235 e. The number of rotatable bonds is 1. The minimum Gasteiger partial charge on any atom is -0.508 e. The van der Waals surface area contributed by atoms with E-state index in [0.717, 1.165) is 11.1 Å². The molecular formula is C11H14N2O2. The lowest BCUT2D eigenvalue weighted by atomic mass is 9.94. The lowest BCUT2D eigenvalue weighted by Gasteiger charge is -2.31. The van der Waals surface area contributed by atoms with E-state index >= 15 is 0 Å². The Labute approximate surface area is 88.3 Å². The Balaban J connectivity index is 2.33. The number of carbonyl (C=O) groups is 1. The maximum atomic E-state index is 11.2. The van der Waals surface area contributed by atoms with Crippen LogP contribution in [0, 0.1) is 0 Å². The Morgan fingerprint density at radius 3 is 2.93 bits per heavy atom. The van der Waals surface area contributed by atoms with Crippen LogP contribution in [0.15, 0.2) is 18.2 Å². The monoisotopic (exact) mass is 206 g/mol. The number of phenols is 1. The van der Waals surface area contributed by atoms with Crippen LogP contribution in [-0.2, 0) is 17.8 Å². The van der Waals surface area contributed by atoms with Gasteiger partial charge in [0.15, 0.2) is 0 Å². The second-order valence-corrected chi connectivity index (χ2v) is 3.99. The lowest BCUT2D eigenvalue weighted by molar-refractivity contribution is -0.123. The zero-order valence-corrected chi connectivity index (χ0v) is 8.60. The number of nitrogens with two attached hydrogens (primary N) is 1. The molecule has 0 radical (unpaired) electrons. The summed E-state index contributed by atoms with van der Waals surface area (Å²) in [6.45, 7) is 0.650. The van der Waals surface area contributed by atoms with Gasteiger partial charge in [-0.2, -0.15) is 0 Å². The smallest absolute Gasteiger partial charge is 0.235 e. The lowest BCUT2D eigenvalue weighted by Crippen LogP contribution is -2.46. The molecule has 0 saturated heterocycles. The number of primary amides is 1. The van der Waals surface area contributed by atoms with Crippen LogP contribution >= 0.6 is 0 Å². The normalized spacial score (nSPS) is 21.0. The molecule has 0 saturated carbocycles. The topological polar surface area (TPSA) is 66.6 Å². The van der Waals surface area contributed by atoms with Gasteiger partial charge < -0.3 is 10.8 Å². The molecule has 2 rings (SSSR count). The molecule has 4 nitrogen and oxygen atoms in total. The number of amides is 1. The number of benzene rings is 1. The van der Waals surface area contributed by atoms with Gasteiger partial charge in [-0.3, -0.25) is 9.69 Å². The first-order chi connectivity index (χ1) is 7.08. The van der Waals surface area contributed by atoms with Crippen LogP contribution in [0.3, 0.4) is 0 Å². The Morgan fingerprint density at radius 1 is 1.53 bits per heavy atom. The van der Waals surface area contributed by atoms with E-state index in [9.17, 15) is 9.90 Å². The molecular weight excluding hydrogens is 192 g/mol. The number of fused-ring (bicyclic) bond motifs is 1. The number of carbonyl (C=O) groups excluding carboxylic acids is 1. The van der Waals surface area contributed by atoms with Crippen molar-refractivity contribution in [3.8, 4) is 5.75 Å². The predicted molar refractivity (Wildman–Crippen MR) is 56.3 cm³/mol. The Morgan fingerprint density at radius 2 is 2.27 bits per heavy atom. The molecule has 15 heavy (non-hydrogen) atoms. The summed E-state index contributed by atoms with van der Waals surface area (Å²) >= 11 is 0. The second-order valence-electron chi connectivity index (χ2n) is 3.99. The minimum atomic E-state index is -0.295. The van der Waals surface area contributed by atoms with E-state index in [1.807, 2.05) is 18.0 Å². The van der Waals surface area contributed by atoms with Crippen molar-refractivity contribution in [3.05, 3.63) is 29.3 Å². The molecule has 1 atom stereocenters. The van der Waals surface area contributed by atoms with Crippen molar-refractivity contribution in [2.24, 2.45) is 5.73 Å². The first-order valence-corrected chi connectivity index (χ1v) is 4.88. The third kappa shape index (κ3) is 1.80. The minimum absolute atomic E-state index is 0.234. The van der Waals surface area contributed by atoms with E-state index in [2.05, 4.69) is 0 Å². The van der Waals surface area contributed by atoms with Crippen molar-refractivity contribution in [1.29, 1.82) is 0 Å². The molecule has 1 aromatic carbocycles. The highest BCUT2D eigenvalue weighted by atomic mass is 16.3. The van der Waals surface area contributed by atoms with Gasteiger partial charge in [-0.15, -0.1) is 0 Å². The van der Waals surface area contributed by atoms with Gasteiger partial charge in [-0.05, 0) is 36.7 Å². The van der Waals surface area contributed by atoms with E-state index in [0.29, 0.717) is 13.0 Å². The average molecular weight is 206 g/mol. The van der Waals surface area contributed by atoms with Crippen molar-refractivity contribution in [3.63, 3.8) is 0 Å². The Bertz CT molecular complexity index is 404. The quantitative estimate of drug-likeness (QED) is 0.691. The Kier molecular flexibility index (Phi) is 2.36. The van der Waals surface area contributed by atoms with E-state index in [1.54, 1.807) is 12.1 Å². The van der Waals surface area contributed by atoms with Crippen molar-refractivity contribution < 1.29 is 9.90 Å². The van der Waals surface area contributed by atoms with Crippen LogP contribution in [0.4, 0.5) is 0 Å². The summed E-state index contributed by atoms with van der Waals surface area (Å²) in [7, 11) is 1.86. The molecule has 1 aliphatic heterocycles. The van der Waals surface area contributed by atoms with Crippen molar-refractivity contribution in [1.82, 2.24) is 4.90 Å². The van der Waals surface area contributed by atoms with Crippen LogP contribution < -0.4 is 5.73 Å². The zero-order valence-electron chi connectivity index (χ0n) is 8.60. The molecule has 0 aliphatic carbocycles. The van der Waals surface area contributed by atoms with Crippen LogP contribution in [0.2, 0.25) is 0 Å². The second kappa shape index (κ2) is 3.55. The van der Waals surface area contributed by atoms with Crippen LogP contribution in [0.5, 0.6) is 5.75 Å². The number of likely N-dealkylation sites (N-methyl/N-ethyl adjacent to an activating group) is 1. The summed E-state index contributed by atoms with van der Waals surface area (Å²) in [6, 6.07) is 5.00. The molecule has 1 aromatic rings. The van der Waals surface area contributed by atoms with Gasteiger partial charge in [-0.25, -0.2) is 0 Å². The fourth-order valence-electron chi connectivity index (χ4n) is 2.02. The van der Waals surface area contributed by atoms with E-state index < -0.39 is 0 Å². The zero-order chi connectivity index (χ0) is 11.0. The molecule has 0 spiro atoms. The molecule has 3 N–H and O–H groups in total. The van der Waals surface area contributed by atoms with Gasteiger partial charge in [0.25, 0.3) is 0 Å². The third-order valence-electron chi connectivity index (χ3n) is 2.88. The van der Waals surface area contributed by atoms with Gasteiger partial charge in [0.05, 0.1) is 6.04 Å². The largest absolute Gasteiger partial charge is 0.508 e. The highest BCUT2D eigenvalue weighted by molar-refractivity contribution is 5.80. The van der Waals surface area contributed by atoms with Gasteiger partial charge in [0.2, 0.25) is 5.91 Å². The van der Waals surface area contributed by atoms with Gasteiger partial charge in [0, 0.05) is 6.54 Å². The fourth-order valence-corrected chi connectivity index (χ4v) is 2.02. The highest BCUT2D eigenvalue weighted by Crippen LogP contribution is 2.25. The molecule has 0 aromatic heterocycles. The summed E-state index contributed by atoms with van der Waals surface area (Å²) in [5.41, 5.74) is 7.47. The predicted octanol–water partition coefficient (Wildman–Crippen LogP) is 0.234. The van der Waals surface area contributed by atoms with E-state index in [-0.39, 0.29) is 17.7 Å². The summed E-state index contributed by atoms with van der Waals surface area (Å²) in [4.78, 5) is 13.1. The van der Waals surface area contributed by atoms with Crippen molar-refractivity contribution in [2.75, 3.05) is 7.05 Å². The van der Waals surface area contributed by atoms with Crippen LogP contribution in [0.1, 0.15) is 11.1 Å². The fraction of sp³-hybridized carbons (Fsp3) is 0.364. The molecule has 1 unspecified atom stereocenters. The molecule has 0 bridgehead atoms. The standard InChI is InChI=1S/C11H14N2O2/c1-13-6-8-4-9(14)3-2-7(8)5-10(13)11(12)15/h2-4,10,14H,5-6H2,1H3,(H2,12,15). The first-order valence-electron chi connectivity index (χ1n) is 4.88. The summed E-state index contributed by atoms with van der Waals surface area (Å²) in [6.07, 6.45) is 0.626. The van der Waals surface area contributed by atoms with Gasteiger partial charge >= 0.3 is 0 Å². The van der Waals surface area contributed by atoms with Crippen LogP contribution in [0.25, 0.3) is 0 Å². The summed E-state index contributed by atoms with van der Waals surface area (Å²) in [5.74, 6) is -0.0316. The number of hydrogen-bond acceptors (Lipinski definition) is 3. The van der Waals surface area contributed by atoms with Gasteiger partial charge in [0.1, 0.15) is 5.75 Å². The number of aromatic hydroxyl groups is 1.